The average Bonchev–Trinajstić information content (AvgIpc) is 2.76. The highest BCUT2D eigenvalue weighted by Gasteiger charge is 2.15. The topological polar surface area (TPSA) is 43.8 Å². The third-order valence-corrected chi connectivity index (χ3v) is 3.47. The second-order valence-corrected chi connectivity index (χ2v) is 4.86. The van der Waals surface area contributed by atoms with Gasteiger partial charge in [0.2, 0.25) is 0 Å². The normalized spacial score (nSPS) is 10.6. The number of hydrogen-bond acceptors (Lipinski definition) is 2. The smallest absolute Gasteiger partial charge is 0.183 e. The molecule has 0 amide bonds. The monoisotopic (exact) mass is 313 g/mol. The summed E-state index contributed by atoms with van der Waals surface area (Å²) < 4.78 is 2.59. The molecule has 3 nitrogen and oxygen atoms in total. The van der Waals surface area contributed by atoms with E-state index in [0.717, 1.165) is 16.9 Å². The van der Waals surface area contributed by atoms with E-state index < -0.39 is 0 Å². The van der Waals surface area contributed by atoms with Gasteiger partial charge in [0, 0.05) is 11.3 Å². The van der Waals surface area contributed by atoms with Crippen molar-refractivity contribution in [3.8, 4) is 16.9 Å². The molecule has 1 aromatic heterocycles. The molecule has 0 radical (unpaired) electrons. The van der Waals surface area contributed by atoms with E-state index in [1.54, 1.807) is 0 Å². The Morgan fingerprint density at radius 1 is 0.895 bits per heavy atom. The number of hydrogen-bond donors (Lipinski definition) is 1. The summed E-state index contributed by atoms with van der Waals surface area (Å²) in [7, 11) is 0. The van der Waals surface area contributed by atoms with Crippen LogP contribution in [-0.4, -0.2) is 9.55 Å². The summed E-state index contributed by atoms with van der Waals surface area (Å²) in [4.78, 5) is 4.51. The third-order valence-electron chi connectivity index (χ3n) is 2.93. The molecular weight excluding hydrogens is 302 g/mol. The van der Waals surface area contributed by atoms with Crippen LogP contribution in [0.5, 0.6) is 0 Å². The van der Waals surface area contributed by atoms with Crippen LogP contribution < -0.4 is 5.73 Å². The van der Waals surface area contributed by atoms with Crippen molar-refractivity contribution in [2.24, 2.45) is 0 Å². The lowest BCUT2D eigenvalue weighted by Crippen LogP contribution is -2.00. The summed E-state index contributed by atoms with van der Waals surface area (Å²) in [5, 5.41) is 0. The molecule has 0 saturated carbocycles. The Hall–Kier alpha value is -2.07. The van der Waals surface area contributed by atoms with Gasteiger partial charge < -0.3 is 5.73 Å². The quantitative estimate of drug-likeness (QED) is 0.780. The van der Waals surface area contributed by atoms with E-state index in [-0.39, 0.29) is 0 Å². The minimum absolute atomic E-state index is 0.629. The maximum Gasteiger partial charge on any atom is 0.183 e. The van der Waals surface area contributed by atoms with E-state index in [4.69, 9.17) is 5.73 Å². The first kappa shape index (κ1) is 12.0. The first-order valence-electron chi connectivity index (χ1n) is 5.92. The number of halogens is 1. The maximum atomic E-state index is 6.24. The minimum Gasteiger partial charge on any atom is -0.383 e. The zero-order valence-corrected chi connectivity index (χ0v) is 11.7. The number of benzene rings is 2. The lowest BCUT2D eigenvalue weighted by molar-refractivity contribution is 1.02. The molecule has 0 spiro atoms. The molecule has 0 aliphatic rings. The fourth-order valence-electron chi connectivity index (χ4n) is 2.04. The van der Waals surface area contributed by atoms with Crippen LogP contribution in [0.15, 0.2) is 65.4 Å². The number of aromatic nitrogens is 2. The van der Waals surface area contributed by atoms with Crippen LogP contribution in [0.2, 0.25) is 0 Å². The van der Waals surface area contributed by atoms with Crippen molar-refractivity contribution in [1.29, 1.82) is 0 Å². The third kappa shape index (κ3) is 2.15. The highest BCUT2D eigenvalue weighted by molar-refractivity contribution is 9.10. The molecule has 2 aromatic carbocycles. The van der Waals surface area contributed by atoms with Crippen molar-refractivity contribution in [1.82, 2.24) is 9.55 Å². The summed E-state index contributed by atoms with van der Waals surface area (Å²) in [6.07, 6.45) is 0. The number of para-hydroxylation sites is 1. The standard InChI is InChI=1S/C15H12BrN3/c16-15-18-13(11-7-3-1-4-8-11)14(17)19(15)12-9-5-2-6-10-12/h1-10H,17H2. The number of nitrogens with two attached hydrogens (primary N) is 1. The van der Waals surface area contributed by atoms with Gasteiger partial charge in [-0.1, -0.05) is 48.5 Å². The van der Waals surface area contributed by atoms with Crippen LogP contribution >= 0.6 is 15.9 Å². The number of anilines is 1. The van der Waals surface area contributed by atoms with Gasteiger partial charge in [-0.25, -0.2) is 4.98 Å². The van der Waals surface area contributed by atoms with Gasteiger partial charge in [-0.05, 0) is 28.1 Å². The van der Waals surface area contributed by atoms with Gasteiger partial charge in [0.15, 0.2) is 4.73 Å². The van der Waals surface area contributed by atoms with Crippen LogP contribution in [0.3, 0.4) is 0 Å². The Balaban J connectivity index is 2.17. The lowest BCUT2D eigenvalue weighted by Gasteiger charge is -2.06. The van der Waals surface area contributed by atoms with Crippen molar-refractivity contribution in [2.75, 3.05) is 5.73 Å². The minimum atomic E-state index is 0.629. The molecule has 3 rings (SSSR count). The second-order valence-electron chi connectivity index (χ2n) is 4.15. The van der Waals surface area contributed by atoms with E-state index in [2.05, 4.69) is 20.9 Å². The van der Waals surface area contributed by atoms with Crippen molar-refractivity contribution in [3.05, 3.63) is 65.4 Å². The molecule has 0 atom stereocenters. The SMILES string of the molecule is Nc1c(-c2ccccc2)nc(Br)n1-c1ccccc1. The van der Waals surface area contributed by atoms with E-state index in [1.165, 1.54) is 0 Å². The molecule has 0 fully saturated rings. The van der Waals surface area contributed by atoms with E-state index in [1.807, 2.05) is 65.2 Å². The Bertz CT molecular complexity index is 690. The molecule has 0 bridgehead atoms. The van der Waals surface area contributed by atoms with Crippen LogP contribution in [-0.2, 0) is 0 Å². The molecule has 2 N–H and O–H groups in total. The van der Waals surface area contributed by atoms with Crippen LogP contribution in [0, 0.1) is 0 Å². The second kappa shape index (κ2) is 4.90. The Labute approximate surface area is 119 Å². The van der Waals surface area contributed by atoms with E-state index in [9.17, 15) is 0 Å². The molecule has 0 saturated heterocycles. The highest BCUT2D eigenvalue weighted by atomic mass is 79.9. The Morgan fingerprint density at radius 3 is 2.11 bits per heavy atom. The Morgan fingerprint density at radius 2 is 1.47 bits per heavy atom. The zero-order chi connectivity index (χ0) is 13.2. The molecule has 0 aliphatic carbocycles. The molecule has 0 aliphatic heterocycles. The highest BCUT2D eigenvalue weighted by Crippen LogP contribution is 2.31. The molecule has 3 aromatic rings. The average molecular weight is 314 g/mol. The van der Waals surface area contributed by atoms with Crippen LogP contribution in [0.4, 0.5) is 5.82 Å². The van der Waals surface area contributed by atoms with Gasteiger partial charge in [0.1, 0.15) is 11.5 Å². The van der Waals surface area contributed by atoms with Crippen LogP contribution in [0.1, 0.15) is 0 Å². The van der Waals surface area contributed by atoms with Gasteiger partial charge in [-0.2, -0.15) is 0 Å². The first-order valence-corrected chi connectivity index (χ1v) is 6.71. The number of rotatable bonds is 2. The number of imidazole rings is 1. The summed E-state index contributed by atoms with van der Waals surface area (Å²) in [6.45, 7) is 0. The summed E-state index contributed by atoms with van der Waals surface area (Å²) in [6, 6.07) is 19.9. The van der Waals surface area contributed by atoms with Gasteiger partial charge in [0.05, 0.1) is 0 Å². The molecule has 1 heterocycles. The molecular formula is C15H12BrN3. The Kier molecular flexibility index (Phi) is 3.09. The number of nitrogens with zero attached hydrogens (tertiary/aromatic N) is 2. The van der Waals surface area contributed by atoms with Gasteiger partial charge in [-0.3, -0.25) is 4.57 Å². The predicted molar refractivity (Wildman–Crippen MR) is 81.1 cm³/mol. The molecule has 19 heavy (non-hydrogen) atoms. The molecule has 4 heteroatoms. The van der Waals surface area contributed by atoms with Crippen molar-refractivity contribution >= 4 is 21.7 Å². The van der Waals surface area contributed by atoms with Crippen molar-refractivity contribution < 1.29 is 0 Å². The lowest BCUT2D eigenvalue weighted by atomic mass is 10.1. The van der Waals surface area contributed by atoms with Crippen LogP contribution in [0.25, 0.3) is 16.9 Å². The van der Waals surface area contributed by atoms with Gasteiger partial charge in [0.25, 0.3) is 0 Å². The molecule has 94 valence electrons. The predicted octanol–water partition coefficient (Wildman–Crippen LogP) is 3.88. The van der Waals surface area contributed by atoms with E-state index in [0.29, 0.717) is 10.6 Å². The largest absolute Gasteiger partial charge is 0.383 e. The zero-order valence-electron chi connectivity index (χ0n) is 10.1. The maximum absolute atomic E-state index is 6.24. The van der Waals surface area contributed by atoms with E-state index >= 15 is 0 Å². The summed E-state index contributed by atoms with van der Waals surface area (Å²) in [5.74, 6) is 0.629. The first-order chi connectivity index (χ1) is 9.27. The fraction of sp³-hybridized carbons (Fsp3) is 0. The summed E-state index contributed by atoms with van der Waals surface area (Å²) >= 11 is 3.47. The van der Waals surface area contributed by atoms with Gasteiger partial charge in [-0.15, -0.1) is 0 Å². The molecule has 0 unspecified atom stereocenters. The van der Waals surface area contributed by atoms with Gasteiger partial charge >= 0.3 is 0 Å². The number of nitrogen functional groups attached to an aromatic ring is 1. The van der Waals surface area contributed by atoms with Crippen molar-refractivity contribution in [2.45, 2.75) is 0 Å². The van der Waals surface area contributed by atoms with Crippen molar-refractivity contribution in [3.63, 3.8) is 0 Å². The summed E-state index contributed by atoms with van der Waals surface area (Å²) in [5.41, 5.74) is 9.02. The fourth-order valence-corrected chi connectivity index (χ4v) is 2.61.